The first-order valence-corrected chi connectivity index (χ1v) is 12.5. The zero-order valence-corrected chi connectivity index (χ0v) is 19.3. The molecule has 0 N–H and O–H groups in total. The minimum Gasteiger partial charge on any atom is -0.381 e. The van der Waals surface area contributed by atoms with E-state index in [0.29, 0.717) is 17.9 Å². The molecule has 2 aromatic rings. The molecule has 4 unspecified atom stereocenters. The van der Waals surface area contributed by atoms with Crippen LogP contribution in [0.25, 0.3) is 10.8 Å². The average Bonchev–Trinajstić information content (AvgIpc) is 3.33. The molecule has 2 spiro atoms. The van der Waals surface area contributed by atoms with E-state index >= 15 is 0 Å². The Morgan fingerprint density at radius 1 is 1.09 bits per heavy atom. The molecule has 3 nitrogen and oxygen atoms in total. The van der Waals surface area contributed by atoms with E-state index in [1.807, 2.05) is 19.5 Å². The van der Waals surface area contributed by atoms with Gasteiger partial charge in [0, 0.05) is 31.3 Å². The molecule has 2 bridgehead atoms. The number of pyridine rings is 1. The number of hydrogen-bond donors (Lipinski definition) is 0. The predicted octanol–water partition coefficient (Wildman–Crippen LogP) is 6.49. The molecule has 3 fully saturated rings. The van der Waals surface area contributed by atoms with E-state index in [0.717, 1.165) is 32.1 Å². The first-order chi connectivity index (χ1) is 15.6. The molecule has 32 heavy (non-hydrogen) atoms. The van der Waals surface area contributed by atoms with Gasteiger partial charge in [-0.15, -0.1) is 0 Å². The van der Waals surface area contributed by atoms with Crippen molar-refractivity contribution in [1.29, 1.82) is 0 Å². The highest BCUT2D eigenvalue weighted by Crippen LogP contribution is 2.69. The number of fused-ring (bicyclic) bond motifs is 2. The van der Waals surface area contributed by atoms with Crippen LogP contribution in [-0.2, 0) is 9.47 Å². The summed E-state index contributed by atoms with van der Waals surface area (Å²) in [6, 6.07) is 9.17. The van der Waals surface area contributed by atoms with Gasteiger partial charge in [0.25, 0.3) is 0 Å². The molecule has 7 rings (SSSR count). The predicted molar refractivity (Wildman–Crippen MR) is 127 cm³/mol. The average molecular weight is 428 g/mol. The van der Waals surface area contributed by atoms with E-state index in [9.17, 15) is 0 Å². The summed E-state index contributed by atoms with van der Waals surface area (Å²) >= 11 is 0. The molecule has 0 amide bonds. The van der Waals surface area contributed by atoms with Gasteiger partial charge in [-0.25, -0.2) is 0 Å². The van der Waals surface area contributed by atoms with Crippen molar-refractivity contribution in [3.8, 4) is 0 Å². The van der Waals surface area contributed by atoms with Gasteiger partial charge in [-0.2, -0.15) is 0 Å². The molecular formula is C29H33NO2. The number of benzene rings is 1. The van der Waals surface area contributed by atoms with E-state index in [-0.39, 0.29) is 16.6 Å². The van der Waals surface area contributed by atoms with Crippen LogP contribution in [0.5, 0.6) is 0 Å². The fourth-order valence-electron chi connectivity index (χ4n) is 8.43. The van der Waals surface area contributed by atoms with Crippen molar-refractivity contribution in [1.82, 2.24) is 4.98 Å². The number of ether oxygens (including phenoxy) is 2. The highest BCUT2D eigenvalue weighted by atomic mass is 16.5. The largest absolute Gasteiger partial charge is 0.381 e. The van der Waals surface area contributed by atoms with Gasteiger partial charge in [-0.05, 0) is 96.4 Å². The summed E-state index contributed by atoms with van der Waals surface area (Å²) in [5.41, 5.74) is 4.62. The molecule has 1 aromatic heterocycles. The topological polar surface area (TPSA) is 31.4 Å². The SMILES string of the molecule is COC1CCC2=CC3=CCC4(C)C(c5ccc6ccncc6c5)CCC4[C@@]34CC[C@]2(C1)O4. The smallest absolute Gasteiger partial charge is 0.0974 e. The number of rotatable bonds is 2. The van der Waals surface area contributed by atoms with Gasteiger partial charge < -0.3 is 9.47 Å². The Labute approximate surface area is 190 Å². The third-order valence-electron chi connectivity index (χ3n) is 10.0. The maximum atomic E-state index is 7.32. The second-order valence-corrected chi connectivity index (χ2v) is 11.3. The van der Waals surface area contributed by atoms with Crippen molar-refractivity contribution in [2.75, 3.05) is 7.11 Å². The molecule has 3 aliphatic carbocycles. The highest BCUT2D eigenvalue weighted by molar-refractivity contribution is 5.82. The third-order valence-corrected chi connectivity index (χ3v) is 10.0. The Morgan fingerprint density at radius 2 is 2.03 bits per heavy atom. The van der Waals surface area contributed by atoms with Crippen molar-refractivity contribution in [3.05, 3.63) is 65.5 Å². The molecule has 1 saturated heterocycles. The molecule has 1 aromatic carbocycles. The lowest BCUT2D eigenvalue weighted by molar-refractivity contribution is -0.147. The van der Waals surface area contributed by atoms with Crippen LogP contribution in [0.3, 0.4) is 0 Å². The van der Waals surface area contributed by atoms with Crippen LogP contribution in [0, 0.1) is 11.3 Å². The lowest BCUT2D eigenvalue weighted by Crippen LogP contribution is -2.54. The van der Waals surface area contributed by atoms with E-state index in [1.54, 1.807) is 5.57 Å². The van der Waals surface area contributed by atoms with Crippen LogP contribution in [0.15, 0.2) is 60.0 Å². The number of allylic oxidation sites excluding steroid dienone is 1. The summed E-state index contributed by atoms with van der Waals surface area (Å²) in [5, 5.41) is 2.54. The highest BCUT2D eigenvalue weighted by Gasteiger charge is 2.66. The van der Waals surface area contributed by atoms with Crippen LogP contribution < -0.4 is 0 Å². The quantitative estimate of drug-likeness (QED) is 0.549. The fourth-order valence-corrected chi connectivity index (χ4v) is 8.43. The van der Waals surface area contributed by atoms with Crippen molar-refractivity contribution in [2.24, 2.45) is 11.3 Å². The minimum atomic E-state index is -0.0840. The first kappa shape index (κ1) is 19.5. The number of nitrogens with zero attached hydrogens (tertiary/aromatic N) is 1. The monoisotopic (exact) mass is 427 g/mol. The summed E-state index contributed by atoms with van der Waals surface area (Å²) in [6.45, 7) is 2.55. The Balaban J connectivity index is 1.29. The number of hydrogen-bond acceptors (Lipinski definition) is 3. The molecule has 3 heteroatoms. The normalized spacial score (nSPS) is 42.1. The number of methoxy groups -OCH3 is 1. The van der Waals surface area contributed by atoms with Crippen molar-refractivity contribution < 1.29 is 9.47 Å². The third kappa shape index (κ3) is 2.42. The second-order valence-electron chi connectivity index (χ2n) is 11.3. The Bertz CT molecular complexity index is 1170. The second kappa shape index (κ2) is 6.55. The summed E-state index contributed by atoms with van der Waals surface area (Å²) in [5.74, 6) is 1.16. The van der Waals surface area contributed by atoms with Gasteiger partial charge in [0.2, 0.25) is 0 Å². The van der Waals surface area contributed by atoms with Crippen LogP contribution in [-0.4, -0.2) is 29.4 Å². The van der Waals surface area contributed by atoms with Gasteiger partial charge in [0.05, 0.1) is 17.3 Å². The summed E-state index contributed by atoms with van der Waals surface area (Å²) in [7, 11) is 1.87. The molecule has 2 aliphatic heterocycles. The Morgan fingerprint density at radius 3 is 2.94 bits per heavy atom. The van der Waals surface area contributed by atoms with E-state index in [2.05, 4.69) is 48.3 Å². The molecule has 6 atom stereocenters. The van der Waals surface area contributed by atoms with Gasteiger partial charge in [-0.1, -0.05) is 31.2 Å². The van der Waals surface area contributed by atoms with Crippen molar-refractivity contribution in [2.45, 2.75) is 81.5 Å². The summed E-state index contributed by atoms with van der Waals surface area (Å²) in [6.07, 6.45) is 18.7. The van der Waals surface area contributed by atoms with E-state index < -0.39 is 0 Å². The van der Waals surface area contributed by atoms with E-state index in [4.69, 9.17) is 9.47 Å². The van der Waals surface area contributed by atoms with Crippen molar-refractivity contribution in [3.63, 3.8) is 0 Å². The van der Waals surface area contributed by atoms with Crippen molar-refractivity contribution >= 4 is 10.8 Å². The first-order valence-electron chi connectivity index (χ1n) is 12.5. The Hall–Kier alpha value is -1.97. The van der Waals surface area contributed by atoms with Crippen LogP contribution >= 0.6 is 0 Å². The van der Waals surface area contributed by atoms with Crippen LogP contribution in [0.1, 0.15) is 69.8 Å². The fraction of sp³-hybridized carbons (Fsp3) is 0.552. The number of aromatic nitrogens is 1. The minimum absolute atomic E-state index is 0.0682. The summed E-state index contributed by atoms with van der Waals surface area (Å²) < 4.78 is 13.1. The van der Waals surface area contributed by atoms with Gasteiger partial charge in [0.1, 0.15) is 0 Å². The lowest BCUT2D eigenvalue weighted by atomic mass is 9.58. The molecule has 0 radical (unpaired) electrons. The molecule has 5 aliphatic rings. The molecule has 3 heterocycles. The molecule has 166 valence electrons. The zero-order valence-electron chi connectivity index (χ0n) is 19.3. The maximum absolute atomic E-state index is 7.32. The zero-order chi connectivity index (χ0) is 21.6. The lowest BCUT2D eigenvalue weighted by Gasteiger charge is -2.54. The molecular weight excluding hydrogens is 394 g/mol. The van der Waals surface area contributed by atoms with E-state index in [1.165, 1.54) is 41.2 Å². The van der Waals surface area contributed by atoms with Gasteiger partial charge in [-0.3, -0.25) is 4.98 Å². The van der Waals surface area contributed by atoms with Gasteiger partial charge >= 0.3 is 0 Å². The van der Waals surface area contributed by atoms with Gasteiger partial charge in [0.15, 0.2) is 0 Å². The molecule has 2 saturated carbocycles. The Kier molecular flexibility index (Phi) is 3.99. The standard InChI is InChI=1S/C29H33NO2/c1-27-11-9-23-16-22-5-6-24(31-2)17-28(22)12-13-29(23,32-28)26(27)8-7-25(27)20-4-3-19-10-14-30-18-21(19)15-20/h3-4,9-10,14-16,18,24-26H,5-8,11-13,17H2,1-2H3/t24?,25?,26?,27?,28-,29-/m1/s1. The van der Waals surface area contributed by atoms with Crippen LogP contribution in [0.4, 0.5) is 0 Å². The summed E-state index contributed by atoms with van der Waals surface area (Å²) in [4.78, 5) is 4.37. The van der Waals surface area contributed by atoms with Crippen LogP contribution in [0.2, 0.25) is 0 Å². The maximum Gasteiger partial charge on any atom is 0.0974 e.